The Morgan fingerprint density at radius 3 is 2.45 bits per heavy atom. The van der Waals surface area contributed by atoms with Crippen LogP contribution in [0.4, 0.5) is 5.69 Å². The quantitative estimate of drug-likeness (QED) is 0.263. The number of hydrogen-bond donors (Lipinski definition) is 2. The minimum Gasteiger partial charge on any atom is -0.455 e. The number of benzene rings is 3. The zero-order valence-corrected chi connectivity index (χ0v) is 22.0. The molecule has 0 atom stereocenters. The number of sulfonamides is 1. The maximum Gasteiger partial charge on any atom is 0.291 e. The molecular weight excluding hydrogens is 526 g/mol. The Morgan fingerprint density at radius 1 is 1.00 bits per heavy atom. The Balaban J connectivity index is 1.41. The summed E-state index contributed by atoms with van der Waals surface area (Å²) in [5, 5.41) is 7.48. The first-order valence-corrected chi connectivity index (χ1v) is 13.8. The zero-order chi connectivity index (χ0) is 26.7. The lowest BCUT2D eigenvalue weighted by atomic mass is 9.93. The lowest BCUT2D eigenvalue weighted by Gasteiger charge is -2.14. The third-order valence-electron chi connectivity index (χ3n) is 6.05. The van der Waals surface area contributed by atoms with Gasteiger partial charge in [0.15, 0.2) is 11.5 Å². The highest BCUT2D eigenvalue weighted by atomic mass is 35.5. The van der Waals surface area contributed by atoms with Crippen molar-refractivity contribution in [1.29, 1.82) is 0 Å². The summed E-state index contributed by atoms with van der Waals surface area (Å²) in [6, 6.07) is 22.1. The van der Waals surface area contributed by atoms with Crippen LogP contribution in [0.15, 0.2) is 93.3 Å². The topological polar surface area (TPSA) is 110 Å². The smallest absolute Gasteiger partial charge is 0.291 e. The van der Waals surface area contributed by atoms with E-state index in [2.05, 4.69) is 15.2 Å². The Morgan fingerprint density at radius 2 is 1.71 bits per heavy atom. The van der Waals surface area contributed by atoms with E-state index in [9.17, 15) is 13.2 Å². The van der Waals surface area contributed by atoms with E-state index in [0.717, 1.165) is 0 Å². The normalized spacial score (nSPS) is 14.1. The third kappa shape index (κ3) is 5.44. The van der Waals surface area contributed by atoms with Crippen LogP contribution in [0.3, 0.4) is 0 Å². The number of carbonyl (C=O) groups excluding carboxylic acids is 1. The summed E-state index contributed by atoms with van der Waals surface area (Å²) in [6.45, 7) is 1.75. The summed E-state index contributed by atoms with van der Waals surface area (Å²) in [6.07, 6.45) is 1.85. The van der Waals surface area contributed by atoms with Gasteiger partial charge >= 0.3 is 0 Å². The molecule has 2 N–H and O–H groups in total. The van der Waals surface area contributed by atoms with Crippen LogP contribution in [0, 0.1) is 6.92 Å². The van der Waals surface area contributed by atoms with Crippen molar-refractivity contribution in [2.24, 2.45) is 5.10 Å². The number of nitrogens with one attached hydrogen (secondary N) is 2. The average molecular weight is 550 g/mol. The molecule has 8 nitrogen and oxygen atoms in total. The number of rotatable bonds is 7. The minimum atomic E-state index is -3.83. The average Bonchev–Trinajstić information content (AvgIpc) is 3.27. The van der Waals surface area contributed by atoms with E-state index in [4.69, 9.17) is 20.8 Å². The SMILES string of the molecule is Cc1c(C(=O)Nc2cc(Cl)ccc2Oc2ccccc2)oc2c1/C(=N/NS(=O)(=O)c1ccccc1)CCC2. The van der Waals surface area contributed by atoms with Gasteiger partial charge in [-0.05, 0) is 62.2 Å². The number of halogens is 1. The molecule has 0 bridgehead atoms. The van der Waals surface area contributed by atoms with Crippen molar-refractivity contribution in [1.82, 2.24) is 4.83 Å². The molecule has 194 valence electrons. The fraction of sp³-hybridized carbons (Fsp3) is 0.143. The van der Waals surface area contributed by atoms with E-state index < -0.39 is 15.9 Å². The van der Waals surface area contributed by atoms with E-state index in [-0.39, 0.29) is 10.7 Å². The van der Waals surface area contributed by atoms with E-state index in [1.165, 1.54) is 12.1 Å². The molecule has 5 rings (SSSR count). The highest BCUT2D eigenvalue weighted by molar-refractivity contribution is 7.89. The highest BCUT2D eigenvalue weighted by Crippen LogP contribution is 2.34. The van der Waals surface area contributed by atoms with Gasteiger partial charge < -0.3 is 14.5 Å². The molecular formula is C28H24ClN3O5S. The molecule has 0 unspecified atom stereocenters. The van der Waals surface area contributed by atoms with Gasteiger partial charge in [0.2, 0.25) is 0 Å². The largest absolute Gasteiger partial charge is 0.455 e. The summed E-state index contributed by atoms with van der Waals surface area (Å²) in [7, 11) is -3.83. The molecule has 0 aliphatic heterocycles. The molecule has 1 heterocycles. The maximum atomic E-state index is 13.3. The molecule has 1 amide bonds. The van der Waals surface area contributed by atoms with Crippen molar-refractivity contribution < 1.29 is 22.4 Å². The molecule has 0 saturated carbocycles. The first-order valence-electron chi connectivity index (χ1n) is 11.9. The molecule has 10 heteroatoms. The Hall–Kier alpha value is -4.08. The number of carbonyl (C=O) groups is 1. The Kier molecular flexibility index (Phi) is 7.22. The van der Waals surface area contributed by atoms with Gasteiger partial charge in [0.1, 0.15) is 11.5 Å². The monoisotopic (exact) mass is 549 g/mol. The molecule has 1 aliphatic rings. The first kappa shape index (κ1) is 25.6. The van der Waals surface area contributed by atoms with Crippen molar-refractivity contribution in [3.05, 3.63) is 107 Å². The number of para-hydroxylation sites is 1. The second kappa shape index (κ2) is 10.7. The fourth-order valence-corrected chi connectivity index (χ4v) is 5.27. The lowest BCUT2D eigenvalue weighted by Crippen LogP contribution is -2.22. The van der Waals surface area contributed by atoms with Crippen LogP contribution >= 0.6 is 11.6 Å². The number of fused-ring (bicyclic) bond motifs is 1. The lowest BCUT2D eigenvalue weighted by molar-refractivity contribution is 0.0993. The summed E-state index contributed by atoms with van der Waals surface area (Å²) in [5.41, 5.74) is 2.11. The second-order valence-electron chi connectivity index (χ2n) is 8.68. The maximum absolute atomic E-state index is 13.3. The van der Waals surface area contributed by atoms with Gasteiger partial charge in [-0.3, -0.25) is 4.79 Å². The van der Waals surface area contributed by atoms with E-state index >= 15 is 0 Å². The Bertz CT molecular complexity index is 1620. The third-order valence-corrected chi connectivity index (χ3v) is 7.51. The van der Waals surface area contributed by atoms with E-state index in [1.807, 2.05) is 18.2 Å². The van der Waals surface area contributed by atoms with E-state index in [0.29, 0.717) is 64.1 Å². The number of hydrazone groups is 1. The van der Waals surface area contributed by atoms with Gasteiger partial charge in [0.25, 0.3) is 15.9 Å². The molecule has 0 radical (unpaired) electrons. The molecule has 38 heavy (non-hydrogen) atoms. The summed E-state index contributed by atoms with van der Waals surface area (Å²) < 4.78 is 37.2. The van der Waals surface area contributed by atoms with Crippen LogP contribution in [0.1, 0.15) is 40.3 Å². The summed E-state index contributed by atoms with van der Waals surface area (Å²) >= 11 is 6.20. The summed E-state index contributed by atoms with van der Waals surface area (Å²) in [4.78, 5) is 15.7. The van der Waals surface area contributed by atoms with Crippen LogP contribution in [-0.2, 0) is 16.4 Å². The predicted molar refractivity (Wildman–Crippen MR) is 146 cm³/mol. The highest BCUT2D eigenvalue weighted by Gasteiger charge is 2.29. The molecule has 0 spiro atoms. The standard InChI is InChI=1S/C28H24ClN3O5S/c1-18-26-22(31-32-38(34,35)21-11-6-3-7-12-21)13-8-14-25(26)37-27(18)28(33)30-23-17-19(29)15-16-24(23)36-20-9-4-2-5-10-20/h2-7,9-12,15-17,32H,8,13-14H2,1H3,(H,30,33)/b31-22+. The molecule has 0 saturated heterocycles. The number of nitrogens with zero attached hydrogens (tertiary/aromatic N) is 1. The van der Waals surface area contributed by atoms with Gasteiger partial charge in [-0.2, -0.15) is 18.4 Å². The van der Waals surface area contributed by atoms with Crippen LogP contribution in [0.5, 0.6) is 11.5 Å². The first-order chi connectivity index (χ1) is 18.3. The van der Waals surface area contributed by atoms with Crippen LogP contribution in [0.25, 0.3) is 0 Å². The second-order valence-corrected chi connectivity index (χ2v) is 10.8. The van der Waals surface area contributed by atoms with Crippen LogP contribution < -0.4 is 14.9 Å². The number of amides is 1. The molecule has 1 aliphatic carbocycles. The van der Waals surface area contributed by atoms with Gasteiger partial charge in [-0.25, -0.2) is 0 Å². The number of aryl methyl sites for hydroxylation is 1. The van der Waals surface area contributed by atoms with Crippen molar-refractivity contribution in [2.45, 2.75) is 31.1 Å². The van der Waals surface area contributed by atoms with Gasteiger partial charge in [0, 0.05) is 22.6 Å². The zero-order valence-electron chi connectivity index (χ0n) is 20.4. The summed E-state index contributed by atoms with van der Waals surface area (Å²) in [5.74, 6) is 1.24. The van der Waals surface area contributed by atoms with Crippen molar-refractivity contribution in [2.75, 3.05) is 5.32 Å². The fourth-order valence-electron chi connectivity index (χ4n) is 4.25. The minimum absolute atomic E-state index is 0.111. The molecule has 3 aromatic carbocycles. The molecule has 1 aromatic heterocycles. The van der Waals surface area contributed by atoms with Gasteiger partial charge in [-0.1, -0.05) is 48.0 Å². The van der Waals surface area contributed by atoms with Gasteiger partial charge in [0.05, 0.1) is 16.3 Å². The predicted octanol–water partition coefficient (Wildman–Crippen LogP) is 6.30. The van der Waals surface area contributed by atoms with Gasteiger partial charge in [-0.15, -0.1) is 0 Å². The van der Waals surface area contributed by atoms with Crippen LogP contribution in [-0.4, -0.2) is 20.0 Å². The van der Waals surface area contributed by atoms with Crippen LogP contribution in [0.2, 0.25) is 5.02 Å². The number of anilines is 1. The number of furan rings is 1. The number of ether oxygens (including phenoxy) is 1. The Labute approximate surface area is 225 Å². The van der Waals surface area contributed by atoms with Crippen molar-refractivity contribution >= 4 is 38.9 Å². The van der Waals surface area contributed by atoms with E-state index in [1.54, 1.807) is 55.5 Å². The molecule has 0 fully saturated rings. The molecule has 4 aromatic rings. The number of hydrogen-bond acceptors (Lipinski definition) is 6. The van der Waals surface area contributed by atoms with Crippen molar-refractivity contribution in [3.8, 4) is 11.5 Å². The van der Waals surface area contributed by atoms with Crippen molar-refractivity contribution in [3.63, 3.8) is 0 Å².